The molecule has 0 aliphatic carbocycles. The molecule has 1 aromatic rings. The third-order valence-electron chi connectivity index (χ3n) is 1.88. The summed E-state index contributed by atoms with van der Waals surface area (Å²) in [5.41, 5.74) is 6.29. The lowest BCUT2D eigenvalue weighted by Gasteiger charge is -2.08. The fraction of sp³-hybridized carbons (Fsp3) is 0.364. The van der Waals surface area contributed by atoms with Gasteiger partial charge in [0.25, 0.3) is 0 Å². The van der Waals surface area contributed by atoms with Gasteiger partial charge in [-0.25, -0.2) is 0 Å². The summed E-state index contributed by atoms with van der Waals surface area (Å²) in [5, 5.41) is 8.62. The van der Waals surface area contributed by atoms with E-state index in [0.29, 0.717) is 0 Å². The Bertz CT molecular complexity index is 300. The summed E-state index contributed by atoms with van der Waals surface area (Å²) in [6.07, 6.45) is 0.235. The molecule has 15 heavy (non-hydrogen) atoms. The Morgan fingerprint density at radius 2 is 2.07 bits per heavy atom. The van der Waals surface area contributed by atoms with Crippen LogP contribution < -0.4 is 5.73 Å². The van der Waals surface area contributed by atoms with Gasteiger partial charge in [-0.05, 0) is 5.56 Å². The molecule has 0 heterocycles. The van der Waals surface area contributed by atoms with Crippen LogP contribution in [0.5, 0.6) is 0 Å². The molecule has 0 saturated heterocycles. The van der Waals surface area contributed by atoms with E-state index in [1.165, 1.54) is 0 Å². The normalized spacial score (nSPS) is 12.1. The van der Waals surface area contributed by atoms with E-state index in [0.717, 1.165) is 5.56 Å². The predicted molar refractivity (Wildman–Crippen MR) is 56.2 cm³/mol. The van der Waals surface area contributed by atoms with Gasteiger partial charge in [0.15, 0.2) is 0 Å². The number of hydrogen-bond donors (Lipinski definition) is 2. The Morgan fingerprint density at radius 3 is 2.67 bits per heavy atom. The van der Waals surface area contributed by atoms with Gasteiger partial charge in [-0.1, -0.05) is 30.3 Å². The first-order chi connectivity index (χ1) is 7.22. The van der Waals surface area contributed by atoms with Crippen molar-refractivity contribution in [2.45, 2.75) is 12.5 Å². The Kier molecular flexibility index (Phi) is 4.80. The molecule has 1 atom stereocenters. The van der Waals surface area contributed by atoms with E-state index in [1.54, 1.807) is 0 Å². The molecule has 1 rings (SSSR count). The van der Waals surface area contributed by atoms with Gasteiger partial charge in [0, 0.05) is 0 Å². The second-order valence-electron chi connectivity index (χ2n) is 3.29. The summed E-state index contributed by atoms with van der Waals surface area (Å²) < 4.78 is 4.87. The molecule has 0 aromatic heterocycles. The molecule has 82 valence electrons. The first kappa shape index (κ1) is 11.7. The van der Waals surface area contributed by atoms with E-state index < -0.39 is 6.04 Å². The van der Waals surface area contributed by atoms with Crippen molar-refractivity contribution in [3.63, 3.8) is 0 Å². The van der Waals surface area contributed by atoms with Gasteiger partial charge < -0.3 is 15.6 Å². The third kappa shape index (κ3) is 4.58. The SMILES string of the molecule is N[C@H](CO)COC(=O)Cc1ccccc1. The predicted octanol–water partition coefficient (Wildman–Crippen LogP) is 0.0919. The lowest BCUT2D eigenvalue weighted by molar-refractivity contribution is -0.143. The number of nitrogens with two attached hydrogens (primary N) is 1. The lowest BCUT2D eigenvalue weighted by atomic mass is 10.2. The number of rotatable bonds is 5. The van der Waals surface area contributed by atoms with Crippen LogP contribution in [-0.4, -0.2) is 30.3 Å². The maximum absolute atomic E-state index is 11.3. The van der Waals surface area contributed by atoms with Crippen LogP contribution in [0, 0.1) is 0 Å². The van der Waals surface area contributed by atoms with Gasteiger partial charge in [0.05, 0.1) is 19.1 Å². The van der Waals surface area contributed by atoms with Gasteiger partial charge in [-0.3, -0.25) is 4.79 Å². The van der Waals surface area contributed by atoms with E-state index in [4.69, 9.17) is 15.6 Å². The van der Waals surface area contributed by atoms with Crippen molar-refractivity contribution >= 4 is 5.97 Å². The van der Waals surface area contributed by atoms with Gasteiger partial charge in [0.1, 0.15) is 6.61 Å². The molecule has 3 N–H and O–H groups in total. The van der Waals surface area contributed by atoms with Gasteiger partial charge in [0.2, 0.25) is 0 Å². The van der Waals surface area contributed by atoms with Crippen molar-refractivity contribution in [2.24, 2.45) is 5.73 Å². The standard InChI is InChI=1S/C11H15NO3/c12-10(7-13)8-15-11(14)6-9-4-2-1-3-5-9/h1-5,10,13H,6-8,12H2/t10-/m1/s1. The number of esters is 1. The average Bonchev–Trinajstić information content (AvgIpc) is 2.27. The number of benzene rings is 1. The van der Waals surface area contributed by atoms with Crippen molar-refractivity contribution in [2.75, 3.05) is 13.2 Å². The maximum atomic E-state index is 11.3. The van der Waals surface area contributed by atoms with Crippen LogP contribution >= 0.6 is 0 Å². The highest BCUT2D eigenvalue weighted by molar-refractivity contribution is 5.72. The molecule has 0 radical (unpaired) electrons. The van der Waals surface area contributed by atoms with E-state index in [2.05, 4.69) is 0 Å². The van der Waals surface area contributed by atoms with Crippen LogP contribution in [-0.2, 0) is 16.0 Å². The summed E-state index contributed by atoms with van der Waals surface area (Å²) in [7, 11) is 0. The minimum absolute atomic E-state index is 0.0577. The Balaban J connectivity index is 2.31. The monoisotopic (exact) mass is 209 g/mol. The van der Waals surface area contributed by atoms with Crippen molar-refractivity contribution in [1.29, 1.82) is 0 Å². The smallest absolute Gasteiger partial charge is 0.310 e. The number of carbonyl (C=O) groups excluding carboxylic acids is 1. The molecule has 0 amide bonds. The molecular formula is C11H15NO3. The number of hydrogen-bond acceptors (Lipinski definition) is 4. The van der Waals surface area contributed by atoms with Crippen molar-refractivity contribution in [1.82, 2.24) is 0 Å². The molecule has 4 heteroatoms. The molecule has 0 aliphatic rings. The first-order valence-corrected chi connectivity index (χ1v) is 4.78. The van der Waals surface area contributed by atoms with Gasteiger partial charge >= 0.3 is 5.97 Å². The molecule has 0 aliphatic heterocycles. The van der Waals surface area contributed by atoms with Crippen LogP contribution in [0.2, 0.25) is 0 Å². The number of ether oxygens (including phenoxy) is 1. The summed E-state index contributed by atoms with van der Waals surface area (Å²) in [4.78, 5) is 11.3. The minimum atomic E-state index is -0.496. The highest BCUT2D eigenvalue weighted by Crippen LogP contribution is 2.00. The first-order valence-electron chi connectivity index (χ1n) is 4.78. The van der Waals surface area contributed by atoms with Gasteiger partial charge in [-0.2, -0.15) is 0 Å². The van der Waals surface area contributed by atoms with Crippen molar-refractivity contribution < 1.29 is 14.6 Å². The Hall–Kier alpha value is -1.39. The minimum Gasteiger partial charge on any atom is -0.464 e. The summed E-state index contributed by atoms with van der Waals surface area (Å²) in [5.74, 6) is -0.329. The lowest BCUT2D eigenvalue weighted by Crippen LogP contribution is -2.31. The van der Waals surface area contributed by atoms with Crippen molar-refractivity contribution in [3.8, 4) is 0 Å². The molecule has 0 unspecified atom stereocenters. The summed E-state index contributed by atoms with van der Waals surface area (Å²) >= 11 is 0. The highest BCUT2D eigenvalue weighted by Gasteiger charge is 2.07. The zero-order valence-corrected chi connectivity index (χ0v) is 8.43. The quantitative estimate of drug-likeness (QED) is 0.674. The second-order valence-corrected chi connectivity index (χ2v) is 3.29. The second kappa shape index (κ2) is 6.16. The van der Waals surface area contributed by atoms with Crippen LogP contribution in [0.15, 0.2) is 30.3 Å². The number of carbonyl (C=O) groups is 1. The largest absolute Gasteiger partial charge is 0.464 e. The summed E-state index contributed by atoms with van der Waals surface area (Å²) in [6.45, 7) is -0.124. The molecule has 0 bridgehead atoms. The van der Waals surface area contributed by atoms with Crippen LogP contribution in [0.25, 0.3) is 0 Å². The Morgan fingerprint density at radius 1 is 1.40 bits per heavy atom. The molecule has 0 fully saturated rings. The zero-order valence-electron chi connectivity index (χ0n) is 8.43. The molecule has 4 nitrogen and oxygen atoms in total. The molecule has 1 aromatic carbocycles. The highest BCUT2D eigenvalue weighted by atomic mass is 16.5. The molecule has 0 spiro atoms. The van der Waals surface area contributed by atoms with E-state index in [9.17, 15) is 4.79 Å². The summed E-state index contributed by atoms with van der Waals surface area (Å²) in [6, 6.07) is 8.82. The molecular weight excluding hydrogens is 194 g/mol. The van der Waals surface area contributed by atoms with Crippen LogP contribution in [0.4, 0.5) is 0 Å². The fourth-order valence-corrected chi connectivity index (χ4v) is 1.07. The van der Waals surface area contributed by atoms with Crippen molar-refractivity contribution in [3.05, 3.63) is 35.9 Å². The average molecular weight is 209 g/mol. The zero-order chi connectivity index (χ0) is 11.1. The topological polar surface area (TPSA) is 72.6 Å². The Labute approximate surface area is 88.7 Å². The fourth-order valence-electron chi connectivity index (χ4n) is 1.07. The maximum Gasteiger partial charge on any atom is 0.310 e. The number of aliphatic hydroxyl groups excluding tert-OH is 1. The van der Waals surface area contributed by atoms with E-state index in [-0.39, 0.29) is 25.6 Å². The van der Waals surface area contributed by atoms with E-state index >= 15 is 0 Å². The number of aliphatic hydroxyl groups is 1. The van der Waals surface area contributed by atoms with Crippen LogP contribution in [0.3, 0.4) is 0 Å². The molecule has 0 saturated carbocycles. The van der Waals surface area contributed by atoms with Crippen LogP contribution in [0.1, 0.15) is 5.56 Å². The third-order valence-corrected chi connectivity index (χ3v) is 1.88. The van der Waals surface area contributed by atoms with E-state index in [1.807, 2.05) is 30.3 Å². The van der Waals surface area contributed by atoms with Gasteiger partial charge in [-0.15, -0.1) is 0 Å².